The summed E-state index contributed by atoms with van der Waals surface area (Å²) in [6.07, 6.45) is 1.14. The Morgan fingerprint density at radius 3 is 3.07 bits per heavy atom. The molecule has 1 unspecified atom stereocenters. The lowest BCUT2D eigenvalue weighted by Gasteiger charge is -2.08. The number of hydrogen-bond donors (Lipinski definition) is 3. The summed E-state index contributed by atoms with van der Waals surface area (Å²) >= 11 is 0. The van der Waals surface area contributed by atoms with Crippen molar-refractivity contribution in [1.82, 2.24) is 10.3 Å². The third-order valence-corrected chi connectivity index (χ3v) is 2.43. The zero-order chi connectivity index (χ0) is 10.8. The highest BCUT2D eigenvalue weighted by atomic mass is 19.1. The fourth-order valence-electron chi connectivity index (χ4n) is 1.70. The fourth-order valence-corrected chi connectivity index (χ4v) is 1.70. The van der Waals surface area contributed by atoms with Crippen molar-refractivity contribution in [2.45, 2.75) is 6.10 Å². The van der Waals surface area contributed by atoms with E-state index in [1.165, 1.54) is 12.1 Å². The predicted molar refractivity (Wildman–Crippen MR) is 57.1 cm³/mol. The minimum atomic E-state index is -0.575. The second kappa shape index (κ2) is 4.00. The molecular formula is C11H13FN2O. The van der Waals surface area contributed by atoms with Gasteiger partial charge >= 0.3 is 0 Å². The molecule has 1 heterocycles. The number of rotatable bonds is 3. The zero-order valence-electron chi connectivity index (χ0n) is 8.42. The van der Waals surface area contributed by atoms with Gasteiger partial charge in [0.15, 0.2) is 0 Å². The molecule has 0 spiro atoms. The van der Waals surface area contributed by atoms with Gasteiger partial charge in [-0.3, -0.25) is 0 Å². The summed E-state index contributed by atoms with van der Waals surface area (Å²) in [5.41, 5.74) is 1.50. The van der Waals surface area contributed by atoms with Gasteiger partial charge in [-0.25, -0.2) is 4.39 Å². The molecule has 2 aromatic rings. The lowest BCUT2D eigenvalue weighted by molar-refractivity contribution is 0.179. The smallest absolute Gasteiger partial charge is 0.125 e. The Kier molecular flexibility index (Phi) is 2.70. The van der Waals surface area contributed by atoms with Gasteiger partial charge in [-0.05, 0) is 25.2 Å². The number of likely N-dealkylation sites (N-methyl/N-ethyl adjacent to an activating group) is 1. The van der Waals surface area contributed by atoms with Gasteiger partial charge in [-0.1, -0.05) is 0 Å². The van der Waals surface area contributed by atoms with E-state index in [0.717, 1.165) is 10.9 Å². The lowest BCUT2D eigenvalue weighted by Crippen LogP contribution is -2.16. The Hall–Kier alpha value is -1.39. The normalized spacial score (nSPS) is 13.3. The second-order valence-corrected chi connectivity index (χ2v) is 3.51. The van der Waals surface area contributed by atoms with Gasteiger partial charge in [0.25, 0.3) is 0 Å². The Morgan fingerprint density at radius 1 is 1.53 bits per heavy atom. The molecule has 1 aromatic heterocycles. The quantitative estimate of drug-likeness (QED) is 0.717. The van der Waals surface area contributed by atoms with Crippen LogP contribution in [0.3, 0.4) is 0 Å². The Labute approximate surface area is 86.9 Å². The van der Waals surface area contributed by atoms with Crippen molar-refractivity contribution in [1.29, 1.82) is 0 Å². The molecule has 0 radical (unpaired) electrons. The number of hydrogen-bond acceptors (Lipinski definition) is 2. The second-order valence-electron chi connectivity index (χ2n) is 3.51. The van der Waals surface area contributed by atoms with E-state index in [-0.39, 0.29) is 5.82 Å². The van der Waals surface area contributed by atoms with Crippen LogP contribution in [0.4, 0.5) is 4.39 Å². The maximum Gasteiger partial charge on any atom is 0.125 e. The van der Waals surface area contributed by atoms with E-state index >= 15 is 0 Å². The summed E-state index contributed by atoms with van der Waals surface area (Å²) in [6.45, 7) is 0.477. The number of aliphatic hydroxyl groups is 1. The Bertz CT molecular complexity index is 467. The molecule has 2 rings (SSSR count). The number of aliphatic hydroxyl groups excluding tert-OH is 1. The third kappa shape index (κ3) is 1.86. The maximum absolute atomic E-state index is 12.9. The first-order valence-electron chi connectivity index (χ1n) is 4.81. The molecule has 0 saturated carbocycles. The first-order valence-corrected chi connectivity index (χ1v) is 4.81. The van der Waals surface area contributed by atoms with Gasteiger partial charge in [0.2, 0.25) is 0 Å². The number of halogens is 1. The molecule has 4 heteroatoms. The first-order chi connectivity index (χ1) is 7.22. The number of benzene rings is 1. The molecule has 0 bridgehead atoms. The SMILES string of the molecule is CNCC(O)c1c[nH]c2cc(F)ccc12. The number of fused-ring (bicyclic) bond motifs is 1. The molecule has 0 aliphatic rings. The van der Waals surface area contributed by atoms with Gasteiger partial charge in [0.05, 0.1) is 6.10 Å². The molecule has 3 nitrogen and oxygen atoms in total. The summed E-state index contributed by atoms with van der Waals surface area (Å²) in [6, 6.07) is 4.49. The Morgan fingerprint density at radius 2 is 2.33 bits per heavy atom. The minimum Gasteiger partial charge on any atom is -0.387 e. The van der Waals surface area contributed by atoms with Crippen LogP contribution in [0.2, 0.25) is 0 Å². The van der Waals surface area contributed by atoms with E-state index < -0.39 is 6.10 Å². The first kappa shape index (κ1) is 10.1. The van der Waals surface area contributed by atoms with Crippen LogP contribution in [0.25, 0.3) is 10.9 Å². The van der Waals surface area contributed by atoms with Gasteiger partial charge in [-0.2, -0.15) is 0 Å². The van der Waals surface area contributed by atoms with Gasteiger partial charge in [-0.15, -0.1) is 0 Å². The summed E-state index contributed by atoms with van der Waals surface area (Å²) in [5.74, 6) is -0.279. The molecule has 3 N–H and O–H groups in total. The van der Waals surface area contributed by atoms with E-state index in [2.05, 4.69) is 10.3 Å². The van der Waals surface area contributed by atoms with E-state index in [1.807, 2.05) is 0 Å². The number of aromatic nitrogens is 1. The molecule has 80 valence electrons. The van der Waals surface area contributed by atoms with Crippen LogP contribution in [0.5, 0.6) is 0 Å². The van der Waals surface area contributed by atoms with Gasteiger partial charge < -0.3 is 15.4 Å². The third-order valence-electron chi connectivity index (χ3n) is 2.43. The zero-order valence-corrected chi connectivity index (χ0v) is 8.42. The van der Waals surface area contributed by atoms with Crippen LogP contribution in [0, 0.1) is 5.82 Å². The predicted octanol–water partition coefficient (Wildman–Crippen LogP) is 1.56. The van der Waals surface area contributed by atoms with Crippen molar-refractivity contribution >= 4 is 10.9 Å². The van der Waals surface area contributed by atoms with Crippen molar-refractivity contribution < 1.29 is 9.50 Å². The molecular weight excluding hydrogens is 195 g/mol. The summed E-state index contributed by atoms with van der Waals surface area (Å²) in [5, 5.41) is 13.6. The molecule has 0 aliphatic carbocycles. The van der Waals surface area contributed by atoms with Gasteiger partial charge in [0.1, 0.15) is 5.82 Å². The van der Waals surface area contributed by atoms with Crippen LogP contribution in [-0.2, 0) is 0 Å². The average molecular weight is 208 g/mol. The van der Waals surface area contributed by atoms with Gasteiger partial charge in [0, 0.05) is 29.2 Å². The highest BCUT2D eigenvalue weighted by Crippen LogP contribution is 2.24. The monoisotopic (exact) mass is 208 g/mol. The van der Waals surface area contributed by atoms with Crippen molar-refractivity contribution in [2.24, 2.45) is 0 Å². The average Bonchev–Trinajstić information content (AvgIpc) is 2.60. The van der Waals surface area contributed by atoms with Crippen LogP contribution in [0.1, 0.15) is 11.7 Å². The maximum atomic E-state index is 12.9. The Balaban J connectivity index is 2.44. The van der Waals surface area contributed by atoms with Crippen molar-refractivity contribution in [2.75, 3.05) is 13.6 Å². The van der Waals surface area contributed by atoms with E-state index in [9.17, 15) is 9.50 Å². The standard InChI is InChI=1S/C11H13FN2O/c1-13-6-11(15)9-5-14-10-4-7(12)2-3-8(9)10/h2-5,11,13-15H,6H2,1H3. The molecule has 1 atom stereocenters. The number of H-pyrrole nitrogens is 1. The topological polar surface area (TPSA) is 48.0 Å². The molecule has 0 amide bonds. The number of nitrogens with one attached hydrogen (secondary N) is 2. The van der Waals surface area contributed by atoms with Crippen molar-refractivity contribution in [3.8, 4) is 0 Å². The fraction of sp³-hybridized carbons (Fsp3) is 0.273. The molecule has 0 aliphatic heterocycles. The number of aromatic amines is 1. The highest BCUT2D eigenvalue weighted by Gasteiger charge is 2.12. The largest absolute Gasteiger partial charge is 0.387 e. The molecule has 0 saturated heterocycles. The molecule has 0 fully saturated rings. The highest BCUT2D eigenvalue weighted by molar-refractivity contribution is 5.83. The van der Waals surface area contributed by atoms with Crippen molar-refractivity contribution in [3.05, 3.63) is 35.8 Å². The van der Waals surface area contributed by atoms with E-state index in [1.54, 1.807) is 19.3 Å². The summed E-state index contributed by atoms with van der Waals surface area (Å²) in [7, 11) is 1.78. The van der Waals surface area contributed by atoms with E-state index in [4.69, 9.17) is 0 Å². The van der Waals surface area contributed by atoms with Crippen LogP contribution >= 0.6 is 0 Å². The minimum absolute atomic E-state index is 0.279. The lowest BCUT2D eigenvalue weighted by atomic mass is 10.1. The van der Waals surface area contributed by atoms with E-state index in [0.29, 0.717) is 12.1 Å². The van der Waals surface area contributed by atoms with Crippen LogP contribution < -0.4 is 5.32 Å². The summed E-state index contributed by atoms with van der Waals surface area (Å²) < 4.78 is 12.9. The van der Waals surface area contributed by atoms with Crippen LogP contribution in [-0.4, -0.2) is 23.7 Å². The van der Waals surface area contributed by atoms with Crippen molar-refractivity contribution in [3.63, 3.8) is 0 Å². The molecule has 1 aromatic carbocycles. The van der Waals surface area contributed by atoms with Crippen LogP contribution in [0.15, 0.2) is 24.4 Å². The molecule has 15 heavy (non-hydrogen) atoms. The summed E-state index contributed by atoms with van der Waals surface area (Å²) in [4.78, 5) is 2.94.